The van der Waals surface area contributed by atoms with Gasteiger partial charge in [0.15, 0.2) is 11.3 Å². The lowest BCUT2D eigenvalue weighted by molar-refractivity contribution is -0.277. The van der Waals surface area contributed by atoms with Gasteiger partial charge in [-0.05, 0) is 12.1 Å². The number of hydrogen-bond donors (Lipinski definition) is 5. The molecule has 0 radical (unpaired) electrons. The van der Waals surface area contributed by atoms with Crippen LogP contribution >= 0.6 is 0 Å². The number of ether oxygens (including phenoxy) is 4. The zero-order valence-electron chi connectivity index (χ0n) is 17.1. The second kappa shape index (κ2) is 8.45. The molecule has 172 valence electrons. The third-order valence-electron chi connectivity index (χ3n) is 5.33. The fraction of sp³-hybridized carbons (Fsp3) is 0.381. The van der Waals surface area contributed by atoms with Crippen LogP contribution in [0.5, 0.6) is 23.0 Å². The minimum Gasteiger partial charge on any atom is -0.508 e. The van der Waals surface area contributed by atoms with Gasteiger partial charge >= 0.3 is 0 Å². The second-order valence-corrected chi connectivity index (χ2v) is 7.24. The smallest absolute Gasteiger partial charge is 0.229 e. The summed E-state index contributed by atoms with van der Waals surface area (Å²) in [6, 6.07) is 5.40. The number of rotatable bonds is 5. The van der Waals surface area contributed by atoms with Gasteiger partial charge in [-0.1, -0.05) is 0 Å². The second-order valence-electron chi connectivity index (χ2n) is 7.24. The number of aliphatic hydroxyl groups is 4. The number of aliphatic hydroxyl groups excluding tert-OH is 4. The number of phenolic OH excluding ortho intramolecular Hbond substituents is 1. The average Bonchev–Trinajstić information content (AvgIpc) is 2.78. The van der Waals surface area contributed by atoms with Crippen molar-refractivity contribution in [3.05, 3.63) is 34.5 Å². The first-order valence-electron chi connectivity index (χ1n) is 9.62. The van der Waals surface area contributed by atoms with Crippen LogP contribution in [0.4, 0.5) is 0 Å². The van der Waals surface area contributed by atoms with Crippen LogP contribution in [0.2, 0.25) is 0 Å². The van der Waals surface area contributed by atoms with E-state index in [0.29, 0.717) is 0 Å². The van der Waals surface area contributed by atoms with E-state index in [-0.39, 0.29) is 44.9 Å². The Bertz CT molecular complexity index is 1200. The molecule has 4 rings (SSSR count). The molecule has 11 heteroatoms. The number of aromatic hydroxyl groups is 1. The normalized spacial score (nSPS) is 25.8. The van der Waals surface area contributed by atoms with Gasteiger partial charge in [0.25, 0.3) is 0 Å². The Kier molecular flexibility index (Phi) is 5.84. The van der Waals surface area contributed by atoms with Crippen LogP contribution < -0.4 is 19.6 Å². The van der Waals surface area contributed by atoms with Gasteiger partial charge in [0, 0.05) is 12.1 Å². The van der Waals surface area contributed by atoms with E-state index >= 15 is 0 Å². The molecule has 1 aliphatic rings. The van der Waals surface area contributed by atoms with Crippen LogP contribution in [0.15, 0.2) is 33.5 Å². The highest BCUT2D eigenvalue weighted by molar-refractivity contribution is 5.98. The molecule has 0 spiro atoms. The summed E-state index contributed by atoms with van der Waals surface area (Å²) in [6.07, 6.45) is -7.77. The van der Waals surface area contributed by atoms with Gasteiger partial charge in [0.05, 0.1) is 20.8 Å². The molecule has 1 aromatic heterocycles. The molecule has 5 atom stereocenters. The summed E-state index contributed by atoms with van der Waals surface area (Å²) in [5.41, 5.74) is -0.529. The van der Waals surface area contributed by atoms with E-state index in [1.54, 1.807) is 6.07 Å². The van der Waals surface area contributed by atoms with Gasteiger partial charge in [-0.2, -0.15) is 0 Å². The maximum Gasteiger partial charge on any atom is 0.229 e. The summed E-state index contributed by atoms with van der Waals surface area (Å²) in [6.45, 7) is -0.657. The number of methoxy groups -OCH3 is 2. The topological polar surface area (TPSA) is 168 Å². The van der Waals surface area contributed by atoms with E-state index in [1.165, 1.54) is 26.4 Å². The van der Waals surface area contributed by atoms with Crippen molar-refractivity contribution < 1.29 is 48.9 Å². The molecule has 1 fully saturated rings. The predicted molar refractivity (Wildman–Crippen MR) is 109 cm³/mol. The Labute approximate surface area is 180 Å². The lowest BCUT2D eigenvalue weighted by Gasteiger charge is -2.39. The van der Waals surface area contributed by atoms with Gasteiger partial charge in [-0.15, -0.1) is 0 Å². The summed E-state index contributed by atoms with van der Waals surface area (Å²) in [5.74, 6) is -0.0610. The third-order valence-corrected chi connectivity index (χ3v) is 5.33. The predicted octanol–water partition coefficient (Wildman–Crippen LogP) is -0.152. The van der Waals surface area contributed by atoms with E-state index in [9.17, 15) is 30.3 Å². The van der Waals surface area contributed by atoms with Crippen LogP contribution in [0, 0.1) is 0 Å². The molecule has 0 aliphatic carbocycles. The molecule has 2 heterocycles. The molecule has 32 heavy (non-hydrogen) atoms. The van der Waals surface area contributed by atoms with Crippen molar-refractivity contribution in [3.63, 3.8) is 0 Å². The van der Waals surface area contributed by atoms with E-state index in [0.717, 1.165) is 6.07 Å². The van der Waals surface area contributed by atoms with Crippen LogP contribution in [-0.2, 0) is 4.74 Å². The molecule has 1 saturated heterocycles. The highest BCUT2D eigenvalue weighted by atomic mass is 16.7. The molecular formula is C21H22O11. The quantitative estimate of drug-likeness (QED) is 0.328. The zero-order valence-corrected chi connectivity index (χ0v) is 17.1. The van der Waals surface area contributed by atoms with Crippen molar-refractivity contribution in [2.75, 3.05) is 20.8 Å². The average molecular weight is 450 g/mol. The molecule has 2 aromatic carbocycles. The summed E-state index contributed by atoms with van der Waals surface area (Å²) >= 11 is 0. The van der Waals surface area contributed by atoms with Crippen LogP contribution in [0.25, 0.3) is 21.9 Å². The van der Waals surface area contributed by atoms with Gasteiger partial charge < -0.3 is 48.9 Å². The fourth-order valence-electron chi connectivity index (χ4n) is 3.69. The van der Waals surface area contributed by atoms with E-state index in [2.05, 4.69) is 0 Å². The summed E-state index contributed by atoms with van der Waals surface area (Å²) in [7, 11) is 2.79. The minimum atomic E-state index is -1.72. The number of phenols is 1. The molecule has 0 saturated carbocycles. The highest BCUT2D eigenvalue weighted by Crippen LogP contribution is 2.38. The van der Waals surface area contributed by atoms with Crippen LogP contribution in [0.1, 0.15) is 0 Å². The summed E-state index contributed by atoms with van der Waals surface area (Å²) in [4.78, 5) is 13.4. The zero-order chi connectivity index (χ0) is 23.2. The highest BCUT2D eigenvalue weighted by Gasteiger charge is 2.45. The van der Waals surface area contributed by atoms with Gasteiger partial charge in [0.2, 0.25) is 11.7 Å². The lowest BCUT2D eigenvalue weighted by Crippen LogP contribution is -2.60. The van der Waals surface area contributed by atoms with E-state index in [1.807, 2.05) is 0 Å². The Morgan fingerprint density at radius 2 is 1.62 bits per heavy atom. The molecule has 11 nitrogen and oxygen atoms in total. The Morgan fingerprint density at radius 1 is 0.938 bits per heavy atom. The van der Waals surface area contributed by atoms with Crippen molar-refractivity contribution in [1.82, 2.24) is 0 Å². The SMILES string of the molecule is COc1ccc(OC)c2c(=O)c3c(O[C@H]4O[C@H](CO)[C@@H](O)[C@H](O)[C@H]4O)cc(O)cc3oc12. The summed E-state index contributed by atoms with van der Waals surface area (Å²) in [5, 5.41) is 49.7. The maximum atomic E-state index is 13.4. The molecule has 5 N–H and O–H groups in total. The molecule has 0 bridgehead atoms. The fourth-order valence-corrected chi connectivity index (χ4v) is 3.69. The molecular weight excluding hydrogens is 428 g/mol. The lowest BCUT2D eigenvalue weighted by atomic mass is 9.99. The van der Waals surface area contributed by atoms with Crippen LogP contribution in [0.3, 0.4) is 0 Å². The first kappa shape index (κ1) is 22.1. The van der Waals surface area contributed by atoms with Crippen molar-refractivity contribution in [3.8, 4) is 23.0 Å². The van der Waals surface area contributed by atoms with Gasteiger partial charge in [-0.3, -0.25) is 4.79 Å². The first-order chi connectivity index (χ1) is 15.3. The summed E-state index contributed by atoms with van der Waals surface area (Å²) < 4.78 is 27.3. The van der Waals surface area contributed by atoms with Crippen molar-refractivity contribution >= 4 is 21.9 Å². The Balaban J connectivity index is 1.91. The first-order valence-corrected chi connectivity index (χ1v) is 9.62. The number of benzene rings is 2. The minimum absolute atomic E-state index is 0.0476. The molecule has 0 unspecified atom stereocenters. The van der Waals surface area contributed by atoms with Crippen molar-refractivity contribution in [2.24, 2.45) is 0 Å². The molecule has 3 aromatic rings. The monoisotopic (exact) mass is 450 g/mol. The molecule has 1 aliphatic heterocycles. The van der Waals surface area contributed by atoms with Crippen molar-refractivity contribution in [2.45, 2.75) is 30.7 Å². The Morgan fingerprint density at radius 3 is 2.28 bits per heavy atom. The van der Waals surface area contributed by atoms with Gasteiger partial charge in [0.1, 0.15) is 58.0 Å². The molecule has 0 amide bonds. The van der Waals surface area contributed by atoms with Gasteiger partial charge in [-0.25, -0.2) is 0 Å². The number of fused-ring (bicyclic) bond motifs is 2. The standard InChI is InChI=1S/C21H22O11/c1-28-9-3-4-10(29-2)20-15(9)17(25)14-11(30-20)5-8(23)6-12(14)31-21-19(27)18(26)16(24)13(7-22)32-21/h3-6,13,16,18-19,21-24,26-27H,7H2,1-2H3/t13-,16-,18+,19-,21+/m1/s1. The van der Waals surface area contributed by atoms with Crippen molar-refractivity contribution in [1.29, 1.82) is 0 Å². The third kappa shape index (κ3) is 3.49. The largest absolute Gasteiger partial charge is 0.508 e. The maximum absolute atomic E-state index is 13.4. The van der Waals surface area contributed by atoms with Crippen LogP contribution in [-0.4, -0.2) is 77.1 Å². The Hall–Kier alpha value is -3.09. The number of hydrogen-bond acceptors (Lipinski definition) is 11. The van der Waals surface area contributed by atoms with E-state index in [4.69, 9.17) is 23.4 Å². The van der Waals surface area contributed by atoms with E-state index < -0.39 is 42.7 Å².